The smallest absolute Gasteiger partial charge is 0.407 e. The molecule has 2 N–H and O–H groups in total. The Hall–Kier alpha value is -3.03. The van der Waals surface area contributed by atoms with Gasteiger partial charge in [0.05, 0.1) is 12.8 Å². The number of rotatable bonds is 4. The first kappa shape index (κ1) is 16.4. The fraction of sp³-hybridized carbons (Fsp3) is 0.389. The zero-order valence-corrected chi connectivity index (χ0v) is 14.6. The largest absolute Gasteiger partial charge is 0.469 e. The molecule has 8 nitrogen and oxygen atoms in total. The second-order valence-corrected chi connectivity index (χ2v) is 6.56. The Bertz CT molecular complexity index is 924. The Morgan fingerprint density at radius 3 is 2.88 bits per heavy atom. The molecule has 0 aliphatic carbocycles. The van der Waals surface area contributed by atoms with E-state index in [2.05, 4.69) is 14.9 Å². The summed E-state index contributed by atoms with van der Waals surface area (Å²) in [5.74, 6) is 1.64. The third-order valence-electron chi connectivity index (χ3n) is 4.90. The predicted molar refractivity (Wildman–Crippen MR) is 96.3 cm³/mol. The number of nitrogens with zero attached hydrogens (tertiary/aromatic N) is 4. The van der Waals surface area contributed by atoms with Gasteiger partial charge in [0.25, 0.3) is 0 Å². The molecule has 0 atom stereocenters. The molecule has 3 aromatic heterocycles. The highest BCUT2D eigenvalue weighted by molar-refractivity contribution is 5.74. The first-order chi connectivity index (χ1) is 12.6. The Morgan fingerprint density at radius 2 is 2.19 bits per heavy atom. The van der Waals surface area contributed by atoms with E-state index in [1.165, 1.54) is 4.90 Å². The van der Waals surface area contributed by atoms with Crippen molar-refractivity contribution in [2.45, 2.75) is 32.4 Å². The molecular formula is C18H21N5O3. The van der Waals surface area contributed by atoms with E-state index >= 15 is 0 Å². The van der Waals surface area contributed by atoms with Crippen LogP contribution in [0.2, 0.25) is 0 Å². The number of fused-ring (bicyclic) bond motifs is 1. The molecule has 0 spiro atoms. The van der Waals surface area contributed by atoms with E-state index in [4.69, 9.17) is 14.5 Å². The van der Waals surface area contributed by atoms with Gasteiger partial charge in [0, 0.05) is 30.9 Å². The molecule has 1 aliphatic rings. The van der Waals surface area contributed by atoms with E-state index in [0.29, 0.717) is 19.6 Å². The van der Waals surface area contributed by atoms with Crippen LogP contribution in [0.25, 0.3) is 11.2 Å². The van der Waals surface area contributed by atoms with Crippen molar-refractivity contribution < 1.29 is 14.3 Å². The number of amides is 1. The van der Waals surface area contributed by atoms with Crippen LogP contribution in [0.15, 0.2) is 35.1 Å². The second-order valence-electron chi connectivity index (χ2n) is 6.56. The molecule has 0 radical (unpaired) electrons. The molecule has 1 saturated heterocycles. The Labute approximate surface area is 150 Å². The highest BCUT2D eigenvalue weighted by Crippen LogP contribution is 2.23. The molecule has 0 aromatic carbocycles. The molecule has 1 fully saturated rings. The summed E-state index contributed by atoms with van der Waals surface area (Å²) in [4.78, 5) is 21.7. The number of pyridine rings is 1. The van der Waals surface area contributed by atoms with E-state index < -0.39 is 6.09 Å². The summed E-state index contributed by atoms with van der Waals surface area (Å²) in [6, 6.07) is 5.96. The number of furan rings is 1. The lowest BCUT2D eigenvalue weighted by Crippen LogP contribution is -2.42. The lowest BCUT2D eigenvalue weighted by Gasteiger charge is -2.30. The van der Waals surface area contributed by atoms with Crippen LogP contribution in [0.5, 0.6) is 0 Å². The standard InChI is InChI=1S/C18H21N5O3/c1-12-13(6-10-26-12)11-23-16-15(3-2-7-19-16)21-17(23)20-14-4-8-22(9-5-14)18(24)25/h2-3,6-7,10,14H,4-5,8-9,11H2,1H3,(H,20,21)(H,24,25). The summed E-state index contributed by atoms with van der Waals surface area (Å²) in [5.41, 5.74) is 2.73. The molecule has 1 amide bonds. The van der Waals surface area contributed by atoms with Gasteiger partial charge in [0.2, 0.25) is 5.95 Å². The van der Waals surface area contributed by atoms with Crippen molar-refractivity contribution in [3.05, 3.63) is 42.0 Å². The van der Waals surface area contributed by atoms with E-state index in [9.17, 15) is 4.79 Å². The number of carboxylic acid groups (broad SMARTS) is 1. The molecule has 26 heavy (non-hydrogen) atoms. The van der Waals surface area contributed by atoms with Crippen LogP contribution in [0, 0.1) is 6.92 Å². The lowest BCUT2D eigenvalue weighted by molar-refractivity contribution is 0.133. The number of hydrogen-bond donors (Lipinski definition) is 2. The maximum absolute atomic E-state index is 11.1. The molecule has 1 aliphatic heterocycles. The number of nitrogens with one attached hydrogen (secondary N) is 1. The molecule has 4 rings (SSSR count). The van der Waals surface area contributed by atoms with Gasteiger partial charge >= 0.3 is 6.09 Å². The van der Waals surface area contributed by atoms with E-state index in [0.717, 1.165) is 41.3 Å². The quantitative estimate of drug-likeness (QED) is 0.747. The topological polar surface area (TPSA) is 96.4 Å². The number of likely N-dealkylation sites (tertiary alicyclic amines) is 1. The number of anilines is 1. The van der Waals surface area contributed by atoms with Crippen LogP contribution in [0.1, 0.15) is 24.2 Å². The van der Waals surface area contributed by atoms with Gasteiger partial charge in [-0.25, -0.2) is 14.8 Å². The average Bonchev–Trinajstić information content (AvgIpc) is 3.20. The first-order valence-electron chi connectivity index (χ1n) is 8.70. The van der Waals surface area contributed by atoms with Crippen molar-refractivity contribution in [2.75, 3.05) is 18.4 Å². The van der Waals surface area contributed by atoms with Crippen molar-refractivity contribution in [2.24, 2.45) is 0 Å². The number of aromatic nitrogens is 3. The van der Waals surface area contributed by atoms with E-state index in [1.807, 2.05) is 25.1 Å². The van der Waals surface area contributed by atoms with Gasteiger partial charge < -0.3 is 19.7 Å². The molecule has 8 heteroatoms. The molecular weight excluding hydrogens is 334 g/mol. The Morgan fingerprint density at radius 1 is 1.38 bits per heavy atom. The van der Waals surface area contributed by atoms with Crippen LogP contribution in [-0.2, 0) is 6.54 Å². The van der Waals surface area contributed by atoms with Crippen molar-refractivity contribution in [1.29, 1.82) is 0 Å². The minimum absolute atomic E-state index is 0.187. The molecule has 0 unspecified atom stereocenters. The van der Waals surface area contributed by atoms with Gasteiger partial charge in [-0.15, -0.1) is 0 Å². The maximum Gasteiger partial charge on any atom is 0.407 e. The Kier molecular flexibility index (Phi) is 4.24. The number of carbonyl (C=O) groups is 1. The highest BCUT2D eigenvalue weighted by atomic mass is 16.4. The normalized spacial score (nSPS) is 15.5. The monoisotopic (exact) mass is 355 g/mol. The van der Waals surface area contributed by atoms with Gasteiger partial charge in [-0.1, -0.05) is 0 Å². The van der Waals surface area contributed by atoms with Crippen LogP contribution in [0.3, 0.4) is 0 Å². The van der Waals surface area contributed by atoms with Crippen molar-refractivity contribution in [1.82, 2.24) is 19.4 Å². The zero-order chi connectivity index (χ0) is 18.1. The van der Waals surface area contributed by atoms with Crippen LogP contribution < -0.4 is 5.32 Å². The summed E-state index contributed by atoms with van der Waals surface area (Å²) in [7, 11) is 0. The zero-order valence-electron chi connectivity index (χ0n) is 14.6. The maximum atomic E-state index is 11.1. The van der Waals surface area contributed by atoms with Gasteiger partial charge in [-0.2, -0.15) is 0 Å². The third-order valence-corrected chi connectivity index (χ3v) is 4.90. The minimum atomic E-state index is -0.852. The number of imidazole rings is 1. The molecule has 0 saturated carbocycles. The van der Waals surface area contributed by atoms with Crippen molar-refractivity contribution >= 4 is 23.2 Å². The SMILES string of the molecule is Cc1occc1Cn1c(NC2CCN(C(=O)O)CC2)nc2cccnc21. The summed E-state index contributed by atoms with van der Waals surface area (Å²) >= 11 is 0. The summed E-state index contributed by atoms with van der Waals surface area (Å²) in [6.45, 7) is 3.63. The van der Waals surface area contributed by atoms with Crippen molar-refractivity contribution in [3.8, 4) is 0 Å². The molecule has 4 heterocycles. The predicted octanol–water partition coefficient (Wildman–Crippen LogP) is 2.94. The van der Waals surface area contributed by atoms with Gasteiger partial charge in [-0.3, -0.25) is 4.57 Å². The van der Waals surface area contributed by atoms with Crippen LogP contribution >= 0.6 is 0 Å². The highest BCUT2D eigenvalue weighted by Gasteiger charge is 2.24. The summed E-state index contributed by atoms with van der Waals surface area (Å²) in [5, 5.41) is 12.6. The molecule has 0 bridgehead atoms. The number of hydrogen-bond acceptors (Lipinski definition) is 5. The van der Waals surface area contributed by atoms with Gasteiger partial charge in [0.15, 0.2) is 5.65 Å². The lowest BCUT2D eigenvalue weighted by atomic mass is 10.1. The fourth-order valence-electron chi connectivity index (χ4n) is 3.36. The fourth-order valence-corrected chi connectivity index (χ4v) is 3.36. The number of aryl methyl sites for hydroxylation is 1. The minimum Gasteiger partial charge on any atom is -0.469 e. The second kappa shape index (κ2) is 6.70. The number of piperidine rings is 1. The van der Waals surface area contributed by atoms with Crippen LogP contribution in [-0.4, -0.2) is 49.8 Å². The van der Waals surface area contributed by atoms with Gasteiger partial charge in [-0.05, 0) is 38.0 Å². The molecule has 136 valence electrons. The molecule has 3 aromatic rings. The summed E-state index contributed by atoms with van der Waals surface area (Å²) in [6.07, 6.45) is 4.11. The first-order valence-corrected chi connectivity index (χ1v) is 8.70. The summed E-state index contributed by atoms with van der Waals surface area (Å²) < 4.78 is 7.47. The van der Waals surface area contributed by atoms with Crippen molar-refractivity contribution in [3.63, 3.8) is 0 Å². The Balaban J connectivity index is 1.59. The van der Waals surface area contributed by atoms with E-state index in [1.54, 1.807) is 12.5 Å². The third kappa shape index (κ3) is 3.10. The average molecular weight is 355 g/mol. The van der Waals surface area contributed by atoms with Gasteiger partial charge in [0.1, 0.15) is 11.3 Å². The van der Waals surface area contributed by atoms with E-state index in [-0.39, 0.29) is 6.04 Å². The van der Waals surface area contributed by atoms with Crippen LogP contribution in [0.4, 0.5) is 10.7 Å².